The van der Waals surface area contributed by atoms with Crippen LogP contribution in [0.15, 0.2) is 47.5 Å². The molecule has 1 aromatic carbocycles. The minimum Gasteiger partial charge on any atom is -0.379 e. The second kappa shape index (κ2) is 8.45. The van der Waals surface area contributed by atoms with Gasteiger partial charge in [-0.1, -0.05) is 12.1 Å². The number of carbonyl (C=O) groups is 1. The second-order valence-corrected chi connectivity index (χ2v) is 10.0. The third-order valence-corrected chi connectivity index (χ3v) is 7.44. The number of anilines is 4. The fourth-order valence-electron chi connectivity index (χ4n) is 5.45. The third-order valence-electron chi connectivity index (χ3n) is 7.44. The lowest BCUT2D eigenvalue weighted by Crippen LogP contribution is -2.26. The SMILES string of the molecule is CN1Cc2c(cnn2[C@H]2CCOC2)-c2cccc(Nc3cc(NC(=O)C4CC4)nc4cc[nH]c(=O)c34)c21. The zero-order valence-corrected chi connectivity index (χ0v) is 20.5. The zero-order chi connectivity index (χ0) is 25.1. The summed E-state index contributed by atoms with van der Waals surface area (Å²) in [6.07, 6.45) is 6.29. The Kier molecular flexibility index (Phi) is 5.03. The fraction of sp³-hybridized carbons (Fsp3) is 0.333. The molecule has 1 aliphatic carbocycles. The Morgan fingerprint density at radius 3 is 2.86 bits per heavy atom. The highest BCUT2D eigenvalue weighted by molar-refractivity contribution is 6.00. The van der Waals surface area contributed by atoms with Gasteiger partial charge in [-0.15, -0.1) is 0 Å². The van der Waals surface area contributed by atoms with Gasteiger partial charge in [-0.3, -0.25) is 14.3 Å². The van der Waals surface area contributed by atoms with Crippen molar-refractivity contribution >= 4 is 39.7 Å². The molecule has 3 aromatic heterocycles. The molecule has 0 spiro atoms. The summed E-state index contributed by atoms with van der Waals surface area (Å²) in [4.78, 5) is 34.8. The molecule has 5 heterocycles. The van der Waals surface area contributed by atoms with Gasteiger partial charge < -0.3 is 25.3 Å². The lowest BCUT2D eigenvalue weighted by Gasteiger charge is -2.31. The van der Waals surface area contributed by atoms with E-state index in [0.717, 1.165) is 48.4 Å². The number of pyridine rings is 2. The monoisotopic (exact) mass is 497 g/mol. The molecule has 37 heavy (non-hydrogen) atoms. The maximum Gasteiger partial charge on any atom is 0.259 e. The molecule has 2 aliphatic heterocycles. The highest BCUT2D eigenvalue weighted by Gasteiger charge is 2.31. The zero-order valence-electron chi connectivity index (χ0n) is 20.5. The number of nitrogens with zero attached hydrogens (tertiary/aromatic N) is 4. The average Bonchev–Trinajstić information content (AvgIpc) is 3.43. The van der Waals surface area contributed by atoms with Gasteiger partial charge in [0.2, 0.25) is 5.91 Å². The molecule has 1 saturated heterocycles. The Bertz CT molecular complexity index is 1600. The first-order valence-electron chi connectivity index (χ1n) is 12.7. The number of aromatic amines is 1. The summed E-state index contributed by atoms with van der Waals surface area (Å²) in [6, 6.07) is 9.85. The van der Waals surface area contributed by atoms with Crippen LogP contribution in [0.2, 0.25) is 0 Å². The first-order chi connectivity index (χ1) is 18.1. The topological polar surface area (TPSA) is 117 Å². The summed E-state index contributed by atoms with van der Waals surface area (Å²) in [5.74, 6) is 0.448. The molecule has 3 N–H and O–H groups in total. The van der Waals surface area contributed by atoms with Gasteiger partial charge in [0.15, 0.2) is 0 Å². The molecule has 0 unspecified atom stereocenters. The smallest absolute Gasteiger partial charge is 0.259 e. The van der Waals surface area contributed by atoms with E-state index >= 15 is 0 Å². The van der Waals surface area contributed by atoms with Crippen molar-refractivity contribution in [2.75, 3.05) is 35.8 Å². The standard InChI is InChI=1S/C27H27N7O3/c1-33-13-22-18(12-29-34(22)16-8-10-37-14-16)17-3-2-4-20(25(17)33)30-21-11-23(32-26(35)15-5-6-15)31-19-7-9-28-27(36)24(19)21/h2-4,7,9,11-12,15-16H,5-6,8,10,13-14H2,1H3,(H,28,36)(H2,30,31,32,35)/t16-/m0/s1. The summed E-state index contributed by atoms with van der Waals surface area (Å²) >= 11 is 0. The lowest BCUT2D eigenvalue weighted by molar-refractivity contribution is -0.117. The molecule has 10 heteroatoms. The number of amides is 1. The minimum atomic E-state index is -0.243. The summed E-state index contributed by atoms with van der Waals surface area (Å²) in [7, 11) is 2.06. The van der Waals surface area contributed by atoms with Gasteiger partial charge in [0.1, 0.15) is 5.82 Å². The number of nitrogens with one attached hydrogen (secondary N) is 3. The van der Waals surface area contributed by atoms with Crippen molar-refractivity contribution in [3.63, 3.8) is 0 Å². The Balaban J connectivity index is 1.31. The van der Waals surface area contributed by atoms with Crippen LogP contribution in [-0.4, -0.2) is 45.9 Å². The number of benzene rings is 1. The van der Waals surface area contributed by atoms with Gasteiger partial charge in [-0.05, 0) is 31.4 Å². The summed E-state index contributed by atoms with van der Waals surface area (Å²) in [5, 5.41) is 11.6. The van der Waals surface area contributed by atoms with Crippen LogP contribution in [0.4, 0.5) is 22.9 Å². The van der Waals surface area contributed by atoms with Crippen LogP contribution in [0.25, 0.3) is 22.0 Å². The van der Waals surface area contributed by atoms with E-state index in [0.29, 0.717) is 35.6 Å². The molecule has 4 aromatic rings. The van der Waals surface area contributed by atoms with Gasteiger partial charge in [-0.25, -0.2) is 4.98 Å². The van der Waals surface area contributed by atoms with Crippen LogP contribution < -0.4 is 21.1 Å². The largest absolute Gasteiger partial charge is 0.379 e. The van der Waals surface area contributed by atoms with E-state index < -0.39 is 0 Å². The Morgan fingerprint density at radius 2 is 2.05 bits per heavy atom. The molecule has 0 bridgehead atoms. The number of aromatic nitrogens is 4. The highest BCUT2D eigenvalue weighted by atomic mass is 16.5. The predicted molar refractivity (Wildman–Crippen MR) is 141 cm³/mol. The van der Waals surface area contributed by atoms with Crippen LogP contribution in [0.5, 0.6) is 0 Å². The van der Waals surface area contributed by atoms with Crippen molar-refractivity contribution in [2.45, 2.75) is 31.8 Å². The van der Waals surface area contributed by atoms with E-state index in [4.69, 9.17) is 9.84 Å². The molecular weight excluding hydrogens is 470 g/mol. The molecule has 2 fully saturated rings. The molecule has 1 atom stereocenters. The number of fused-ring (bicyclic) bond motifs is 4. The summed E-state index contributed by atoms with van der Waals surface area (Å²) < 4.78 is 7.72. The molecule has 1 saturated carbocycles. The number of para-hydroxylation sites is 1. The minimum absolute atomic E-state index is 0.0309. The maximum atomic E-state index is 12.8. The first kappa shape index (κ1) is 22.1. The van der Waals surface area contributed by atoms with E-state index in [9.17, 15) is 9.59 Å². The summed E-state index contributed by atoms with van der Waals surface area (Å²) in [6.45, 7) is 2.16. The molecule has 0 radical (unpaired) electrons. The highest BCUT2D eigenvalue weighted by Crippen LogP contribution is 2.45. The normalized spacial score (nSPS) is 18.5. The molecule has 7 rings (SSSR count). The van der Waals surface area contributed by atoms with E-state index in [2.05, 4.69) is 43.3 Å². The van der Waals surface area contributed by atoms with Crippen molar-refractivity contribution in [3.05, 3.63) is 58.8 Å². The van der Waals surface area contributed by atoms with Gasteiger partial charge in [0.25, 0.3) is 5.56 Å². The molecule has 3 aliphatic rings. The van der Waals surface area contributed by atoms with E-state index in [1.165, 1.54) is 5.69 Å². The molecular formula is C27H27N7O3. The van der Waals surface area contributed by atoms with E-state index in [1.807, 2.05) is 18.3 Å². The van der Waals surface area contributed by atoms with E-state index in [1.54, 1.807) is 18.3 Å². The van der Waals surface area contributed by atoms with Gasteiger partial charge in [0.05, 0.1) is 59.0 Å². The molecule has 188 valence electrons. The van der Waals surface area contributed by atoms with Crippen molar-refractivity contribution in [2.24, 2.45) is 5.92 Å². The van der Waals surface area contributed by atoms with Crippen LogP contribution in [-0.2, 0) is 16.1 Å². The second-order valence-electron chi connectivity index (χ2n) is 10.0. The molecule has 1 amide bonds. The number of ether oxygens (including phenoxy) is 1. The average molecular weight is 498 g/mol. The number of carbonyl (C=O) groups excluding carboxylic acids is 1. The van der Waals surface area contributed by atoms with Crippen LogP contribution in [0.1, 0.15) is 31.0 Å². The Morgan fingerprint density at radius 1 is 1.16 bits per heavy atom. The number of hydrogen-bond acceptors (Lipinski definition) is 7. The number of H-pyrrole nitrogens is 1. The quantitative estimate of drug-likeness (QED) is 0.384. The van der Waals surface area contributed by atoms with Gasteiger partial charge in [-0.2, -0.15) is 5.10 Å². The van der Waals surface area contributed by atoms with Crippen molar-refractivity contribution in [1.29, 1.82) is 0 Å². The third kappa shape index (κ3) is 3.75. The fourth-order valence-corrected chi connectivity index (χ4v) is 5.45. The predicted octanol–water partition coefficient (Wildman–Crippen LogP) is 3.79. The molecule has 10 nitrogen and oxygen atoms in total. The van der Waals surface area contributed by atoms with Crippen molar-refractivity contribution in [3.8, 4) is 11.1 Å². The van der Waals surface area contributed by atoms with Gasteiger partial charge >= 0.3 is 0 Å². The summed E-state index contributed by atoms with van der Waals surface area (Å²) in [5.41, 5.74) is 6.11. The van der Waals surface area contributed by atoms with Crippen LogP contribution in [0, 0.1) is 5.92 Å². The number of hydrogen-bond donors (Lipinski definition) is 3. The van der Waals surface area contributed by atoms with Crippen molar-refractivity contribution in [1.82, 2.24) is 19.7 Å². The van der Waals surface area contributed by atoms with Crippen molar-refractivity contribution < 1.29 is 9.53 Å². The first-order valence-corrected chi connectivity index (χ1v) is 12.7. The Labute approximate surface area is 212 Å². The number of rotatable bonds is 5. The van der Waals surface area contributed by atoms with E-state index in [-0.39, 0.29) is 23.4 Å². The van der Waals surface area contributed by atoms with Crippen LogP contribution in [0.3, 0.4) is 0 Å². The maximum absolute atomic E-state index is 12.8. The van der Waals surface area contributed by atoms with Gasteiger partial charge in [0, 0.05) is 43.0 Å². The van der Waals surface area contributed by atoms with Crippen LogP contribution >= 0.6 is 0 Å². The lowest BCUT2D eigenvalue weighted by atomic mass is 9.97. The Hall–Kier alpha value is -4.18.